The first-order valence-corrected chi connectivity index (χ1v) is 5.22. The highest BCUT2D eigenvalue weighted by Gasteiger charge is 2.42. The standard InChI is InChI=1S/C5H3B2F4O4S/c6-1-4(16(11,12)13)15-5(14-1)7-2(8)3(9)10/h1,4-5H. The quantitative estimate of drug-likeness (QED) is 0.411. The first kappa shape index (κ1) is 13.5. The molecule has 3 unspecified atom stereocenters. The summed E-state index contributed by atoms with van der Waals surface area (Å²) in [6, 6.07) is -1.72. The number of ether oxygens (including phenoxy) is 2. The van der Waals surface area contributed by atoms with Gasteiger partial charge in [0.05, 0.1) is 6.00 Å². The summed E-state index contributed by atoms with van der Waals surface area (Å²) in [5, 5.41) is 0. The lowest BCUT2D eigenvalue weighted by Gasteiger charge is -2.06. The largest absolute Gasteiger partial charge is 0.363 e. The Kier molecular flexibility index (Phi) is 4.02. The van der Waals surface area contributed by atoms with Crippen molar-refractivity contribution in [3.8, 4) is 0 Å². The van der Waals surface area contributed by atoms with Crippen LogP contribution in [0.15, 0.2) is 11.8 Å². The molecule has 1 heterocycles. The molecule has 1 fully saturated rings. The number of hydrogen-bond acceptors (Lipinski definition) is 4. The molecular weight excluding hydrogens is 254 g/mol. The number of halogens is 4. The number of hydrogen-bond donors (Lipinski definition) is 0. The van der Waals surface area contributed by atoms with Crippen molar-refractivity contribution in [1.82, 2.24) is 0 Å². The molecule has 0 N–H and O–H groups in total. The van der Waals surface area contributed by atoms with Crippen LogP contribution in [0.4, 0.5) is 17.1 Å². The Morgan fingerprint density at radius 3 is 2.19 bits per heavy atom. The molecule has 0 aromatic rings. The first-order valence-electron chi connectivity index (χ1n) is 3.77. The molecule has 87 valence electrons. The van der Waals surface area contributed by atoms with E-state index in [1.165, 1.54) is 0 Å². The monoisotopic (exact) mass is 257 g/mol. The average molecular weight is 257 g/mol. The highest BCUT2D eigenvalue weighted by molar-refractivity contribution is 7.86. The minimum absolute atomic E-state index is 0.139. The van der Waals surface area contributed by atoms with Gasteiger partial charge in [0.2, 0.25) is 5.44 Å². The second-order valence-electron chi connectivity index (χ2n) is 2.72. The normalized spacial score (nSPS) is 30.1. The van der Waals surface area contributed by atoms with Gasteiger partial charge in [-0.05, 0) is 0 Å². The fraction of sp³-hybridized carbons (Fsp3) is 0.600. The third-order valence-corrected chi connectivity index (χ3v) is 2.50. The SMILES string of the molecule is [B]C1OC([B]C(F)=C(F)F)OC1S(=O)(=O)F. The van der Waals surface area contributed by atoms with E-state index in [9.17, 15) is 25.5 Å². The van der Waals surface area contributed by atoms with Gasteiger partial charge in [0, 0.05) is 0 Å². The van der Waals surface area contributed by atoms with E-state index in [0.717, 1.165) is 0 Å². The van der Waals surface area contributed by atoms with Gasteiger partial charge in [-0.3, -0.25) is 0 Å². The Bertz CT molecular complexity index is 395. The molecule has 1 aliphatic heterocycles. The third kappa shape index (κ3) is 3.22. The van der Waals surface area contributed by atoms with Crippen LogP contribution in [0.1, 0.15) is 0 Å². The van der Waals surface area contributed by atoms with Gasteiger partial charge in [0.25, 0.3) is 13.4 Å². The smallest absolute Gasteiger partial charge is 0.331 e. The topological polar surface area (TPSA) is 52.6 Å². The molecule has 3 atom stereocenters. The van der Waals surface area contributed by atoms with E-state index in [-0.39, 0.29) is 7.28 Å². The lowest BCUT2D eigenvalue weighted by atomic mass is 9.76. The molecule has 1 aliphatic rings. The van der Waals surface area contributed by atoms with Crippen LogP contribution in [0.2, 0.25) is 0 Å². The summed E-state index contributed by atoms with van der Waals surface area (Å²) in [5.41, 5.74) is -4.13. The Hall–Kier alpha value is -0.540. The van der Waals surface area contributed by atoms with Crippen molar-refractivity contribution in [2.75, 3.05) is 0 Å². The van der Waals surface area contributed by atoms with Crippen molar-refractivity contribution in [3.05, 3.63) is 11.8 Å². The predicted octanol–water partition coefficient (Wildman–Crippen LogP) is 0.176. The molecular formula is C5H3B2F4O4S. The number of rotatable bonds is 3. The van der Waals surface area contributed by atoms with Crippen molar-refractivity contribution in [2.24, 2.45) is 0 Å². The van der Waals surface area contributed by atoms with Crippen LogP contribution in [0.25, 0.3) is 0 Å². The maximum absolute atomic E-state index is 12.4. The van der Waals surface area contributed by atoms with E-state index < -0.39 is 39.7 Å². The highest BCUT2D eigenvalue weighted by Crippen LogP contribution is 2.24. The van der Waals surface area contributed by atoms with Gasteiger partial charge < -0.3 is 9.47 Å². The molecule has 3 radical (unpaired) electrons. The lowest BCUT2D eigenvalue weighted by Crippen LogP contribution is -2.28. The van der Waals surface area contributed by atoms with Gasteiger partial charge in [-0.25, -0.2) is 4.39 Å². The lowest BCUT2D eigenvalue weighted by molar-refractivity contribution is 0.0126. The van der Waals surface area contributed by atoms with Crippen LogP contribution in [0.5, 0.6) is 0 Å². The van der Waals surface area contributed by atoms with Crippen molar-refractivity contribution in [3.63, 3.8) is 0 Å². The van der Waals surface area contributed by atoms with Crippen LogP contribution in [0.3, 0.4) is 0 Å². The molecule has 0 spiro atoms. The maximum atomic E-state index is 12.4. The fourth-order valence-corrected chi connectivity index (χ4v) is 1.58. The van der Waals surface area contributed by atoms with Gasteiger partial charge in [-0.15, -0.1) is 3.89 Å². The van der Waals surface area contributed by atoms with Crippen molar-refractivity contribution in [2.45, 2.75) is 17.6 Å². The Labute approximate surface area is 90.5 Å². The van der Waals surface area contributed by atoms with E-state index in [2.05, 4.69) is 9.47 Å². The van der Waals surface area contributed by atoms with Crippen LogP contribution in [-0.2, 0) is 19.7 Å². The first-order chi connectivity index (χ1) is 7.21. The van der Waals surface area contributed by atoms with Gasteiger partial charge in [-0.2, -0.15) is 17.2 Å². The summed E-state index contributed by atoms with van der Waals surface area (Å²) in [6.07, 6.45) is -4.43. The summed E-state index contributed by atoms with van der Waals surface area (Å²) in [5.74, 6) is 0. The molecule has 0 aromatic heterocycles. The van der Waals surface area contributed by atoms with Gasteiger partial charge >= 0.3 is 10.2 Å². The summed E-state index contributed by atoms with van der Waals surface area (Å²) < 4.78 is 77.5. The van der Waals surface area contributed by atoms with E-state index in [4.69, 9.17) is 7.85 Å². The Balaban J connectivity index is 2.68. The van der Waals surface area contributed by atoms with Crippen LogP contribution in [0, 0.1) is 0 Å². The average Bonchev–Trinajstić information content (AvgIpc) is 2.45. The second-order valence-corrected chi connectivity index (χ2v) is 4.14. The van der Waals surface area contributed by atoms with Gasteiger partial charge in [0.15, 0.2) is 0 Å². The highest BCUT2D eigenvalue weighted by atomic mass is 32.3. The summed E-state index contributed by atoms with van der Waals surface area (Å²) in [4.78, 5) is 0. The van der Waals surface area contributed by atoms with Crippen molar-refractivity contribution >= 4 is 25.3 Å². The maximum Gasteiger partial charge on any atom is 0.331 e. The van der Waals surface area contributed by atoms with E-state index in [1.54, 1.807) is 0 Å². The molecule has 1 saturated heterocycles. The van der Waals surface area contributed by atoms with Crippen LogP contribution >= 0.6 is 0 Å². The molecule has 0 saturated carbocycles. The third-order valence-electron chi connectivity index (χ3n) is 1.57. The molecule has 16 heavy (non-hydrogen) atoms. The van der Waals surface area contributed by atoms with Crippen molar-refractivity contribution < 1.29 is 34.9 Å². The van der Waals surface area contributed by atoms with Gasteiger partial charge in [0.1, 0.15) is 19.8 Å². The molecule has 0 aromatic carbocycles. The predicted molar refractivity (Wildman–Crippen MR) is 45.4 cm³/mol. The summed E-state index contributed by atoms with van der Waals surface area (Å²) >= 11 is 0. The zero-order valence-corrected chi connectivity index (χ0v) is 8.26. The Morgan fingerprint density at radius 1 is 1.25 bits per heavy atom. The zero-order valence-electron chi connectivity index (χ0n) is 7.44. The van der Waals surface area contributed by atoms with Crippen LogP contribution < -0.4 is 0 Å². The molecule has 1 rings (SSSR count). The fourth-order valence-electron chi connectivity index (χ4n) is 0.948. The van der Waals surface area contributed by atoms with E-state index >= 15 is 0 Å². The van der Waals surface area contributed by atoms with E-state index in [1.807, 2.05) is 0 Å². The van der Waals surface area contributed by atoms with Crippen LogP contribution in [-0.4, -0.2) is 41.2 Å². The van der Waals surface area contributed by atoms with E-state index in [0.29, 0.717) is 0 Å². The van der Waals surface area contributed by atoms with Gasteiger partial charge in [-0.1, -0.05) is 0 Å². The molecule has 0 amide bonds. The Morgan fingerprint density at radius 2 is 1.81 bits per heavy atom. The molecule has 4 nitrogen and oxygen atoms in total. The zero-order chi connectivity index (χ0) is 12.5. The molecule has 11 heteroatoms. The minimum Gasteiger partial charge on any atom is -0.363 e. The summed E-state index contributed by atoms with van der Waals surface area (Å²) in [7, 11) is -0.0247. The molecule has 0 aliphatic carbocycles. The second kappa shape index (κ2) is 4.76. The van der Waals surface area contributed by atoms with Crippen molar-refractivity contribution in [1.29, 1.82) is 0 Å². The summed E-state index contributed by atoms with van der Waals surface area (Å²) in [6.45, 7) is 0. The molecule has 0 bridgehead atoms. The minimum atomic E-state index is -5.16.